The Morgan fingerprint density at radius 1 is 0.968 bits per heavy atom. The van der Waals surface area contributed by atoms with Crippen molar-refractivity contribution in [2.24, 2.45) is 34.5 Å². The van der Waals surface area contributed by atoms with E-state index < -0.39 is 0 Å². The first kappa shape index (κ1) is 21.0. The Labute approximate surface area is 186 Å². The highest BCUT2D eigenvalue weighted by atomic mass is 16.5. The van der Waals surface area contributed by atoms with Crippen LogP contribution < -0.4 is 0 Å². The molecular weight excluding hydrogens is 384 g/mol. The molecule has 0 unspecified atom stereocenters. The van der Waals surface area contributed by atoms with Crippen molar-refractivity contribution in [3.8, 4) is 0 Å². The molecule has 166 valence electrons. The minimum Gasteiger partial charge on any atom is -0.462 e. The molecule has 3 fully saturated rings. The monoisotopic (exact) mass is 420 g/mol. The van der Waals surface area contributed by atoms with Gasteiger partial charge in [-0.25, -0.2) is 0 Å². The maximum Gasteiger partial charge on any atom is 0.302 e. The summed E-state index contributed by atoms with van der Waals surface area (Å²) in [5, 5.41) is 0. The summed E-state index contributed by atoms with van der Waals surface area (Å²) < 4.78 is 5.96. The number of Topliss-reactive ketones (excluding diaryl/α,β-unsaturated/α-hetero) is 1. The summed E-state index contributed by atoms with van der Waals surface area (Å²) in [6.07, 6.45) is 11.5. The molecule has 3 nitrogen and oxygen atoms in total. The first-order valence-electron chi connectivity index (χ1n) is 12.3. The van der Waals surface area contributed by atoms with Crippen LogP contribution in [0.2, 0.25) is 0 Å². The number of hydrogen-bond acceptors (Lipinski definition) is 3. The number of ether oxygens (including phenoxy) is 1. The lowest BCUT2D eigenvalue weighted by molar-refractivity contribution is -0.187. The van der Waals surface area contributed by atoms with Crippen LogP contribution in [0.25, 0.3) is 0 Å². The van der Waals surface area contributed by atoms with Crippen LogP contribution >= 0.6 is 0 Å². The van der Waals surface area contributed by atoms with Crippen LogP contribution in [0, 0.1) is 34.5 Å². The number of hydrogen-bond donors (Lipinski definition) is 0. The summed E-state index contributed by atoms with van der Waals surface area (Å²) in [5.41, 5.74) is 1.92. The summed E-state index contributed by atoms with van der Waals surface area (Å²) in [6.45, 7) is 6.35. The van der Waals surface area contributed by atoms with E-state index in [4.69, 9.17) is 4.74 Å². The number of carbonyl (C=O) groups is 2. The summed E-state index contributed by atoms with van der Waals surface area (Å²) in [7, 11) is 0. The molecule has 0 saturated heterocycles. The molecule has 31 heavy (non-hydrogen) atoms. The fourth-order valence-corrected chi connectivity index (χ4v) is 8.34. The van der Waals surface area contributed by atoms with Gasteiger partial charge < -0.3 is 4.74 Å². The Bertz CT molecular complexity index is 902. The highest BCUT2D eigenvalue weighted by molar-refractivity contribution is 6.09. The van der Waals surface area contributed by atoms with E-state index >= 15 is 0 Å². The van der Waals surface area contributed by atoms with E-state index in [-0.39, 0.29) is 28.7 Å². The fourth-order valence-electron chi connectivity index (χ4n) is 8.34. The highest BCUT2D eigenvalue weighted by Crippen LogP contribution is 2.66. The van der Waals surface area contributed by atoms with Gasteiger partial charge in [0.1, 0.15) is 6.10 Å². The molecule has 4 aliphatic carbocycles. The lowest BCUT2D eigenvalue weighted by atomic mass is 9.44. The second kappa shape index (κ2) is 7.60. The Morgan fingerprint density at radius 3 is 2.48 bits per heavy atom. The first-order valence-corrected chi connectivity index (χ1v) is 12.3. The standard InChI is InChI=1S/C28H36O3/c1-18(29)31-25-11-7-10-20-12-13-21-22-14-15-24(26(30)19-8-5-4-6-9-19)27(22,2)17-16-23(21)28(20,25)3/h4-6,8-9,15,20-23,25H,7,10-14,16-17H2,1-3H3/t20-,21+,22+,23+,25-,27+,28-/m0/s1. The minimum absolute atomic E-state index is 0.0249. The van der Waals surface area contributed by atoms with Gasteiger partial charge in [0.2, 0.25) is 0 Å². The van der Waals surface area contributed by atoms with Crippen molar-refractivity contribution >= 4 is 11.8 Å². The fraction of sp³-hybridized carbons (Fsp3) is 0.643. The number of esters is 1. The summed E-state index contributed by atoms with van der Waals surface area (Å²) in [6, 6.07) is 9.78. The SMILES string of the molecule is CC(=O)O[C@H]1CCC[C@H]2CC[C@H]3[C@@H](CC[C@@]4(C)C(C(=O)c5ccccc5)=CC[C@H]34)[C@]21C. The van der Waals surface area contributed by atoms with E-state index in [9.17, 15) is 9.59 Å². The van der Waals surface area contributed by atoms with Gasteiger partial charge >= 0.3 is 5.97 Å². The first-order chi connectivity index (χ1) is 14.9. The number of allylic oxidation sites excluding steroid dienone is 2. The Morgan fingerprint density at radius 2 is 1.74 bits per heavy atom. The maximum atomic E-state index is 13.4. The van der Waals surface area contributed by atoms with Gasteiger partial charge in [-0.05, 0) is 80.5 Å². The number of benzene rings is 1. The molecule has 0 amide bonds. The molecule has 1 aromatic rings. The predicted molar refractivity (Wildman–Crippen MR) is 122 cm³/mol. The number of fused-ring (bicyclic) bond motifs is 5. The smallest absolute Gasteiger partial charge is 0.302 e. The van der Waals surface area contributed by atoms with Gasteiger partial charge in [-0.3, -0.25) is 9.59 Å². The largest absolute Gasteiger partial charge is 0.462 e. The Kier molecular flexibility index (Phi) is 5.14. The van der Waals surface area contributed by atoms with Gasteiger partial charge in [0, 0.05) is 23.5 Å². The molecule has 0 N–H and O–H groups in total. The average Bonchev–Trinajstić information content (AvgIpc) is 3.11. The van der Waals surface area contributed by atoms with Gasteiger partial charge in [-0.2, -0.15) is 0 Å². The van der Waals surface area contributed by atoms with Gasteiger partial charge in [0.05, 0.1) is 0 Å². The topological polar surface area (TPSA) is 43.4 Å². The zero-order valence-electron chi connectivity index (χ0n) is 19.2. The van der Waals surface area contributed by atoms with E-state index in [1.807, 2.05) is 30.3 Å². The van der Waals surface area contributed by atoms with Crippen LogP contribution in [0.5, 0.6) is 0 Å². The second-order valence-electron chi connectivity index (χ2n) is 11.1. The summed E-state index contributed by atoms with van der Waals surface area (Å²) >= 11 is 0. The molecule has 0 spiro atoms. The van der Waals surface area contributed by atoms with E-state index in [2.05, 4.69) is 19.9 Å². The number of rotatable bonds is 3. The average molecular weight is 421 g/mol. The predicted octanol–water partition coefficient (Wildman–Crippen LogP) is 6.38. The quantitative estimate of drug-likeness (QED) is 0.421. The van der Waals surface area contributed by atoms with Crippen LogP contribution in [0.15, 0.2) is 42.0 Å². The second-order valence-corrected chi connectivity index (χ2v) is 11.1. The van der Waals surface area contributed by atoms with E-state index in [0.717, 1.165) is 36.8 Å². The molecule has 0 radical (unpaired) electrons. The van der Waals surface area contributed by atoms with Crippen LogP contribution in [-0.2, 0) is 9.53 Å². The summed E-state index contributed by atoms with van der Waals surface area (Å²) in [5.74, 6) is 2.50. The van der Waals surface area contributed by atoms with Gasteiger partial charge in [-0.1, -0.05) is 50.3 Å². The molecule has 1 aromatic carbocycles. The molecule has 0 bridgehead atoms. The molecule has 0 aromatic heterocycles. The van der Waals surface area contributed by atoms with Crippen molar-refractivity contribution in [2.75, 3.05) is 0 Å². The van der Waals surface area contributed by atoms with Gasteiger partial charge in [0.25, 0.3) is 0 Å². The zero-order valence-corrected chi connectivity index (χ0v) is 19.2. The molecule has 0 aliphatic heterocycles. The van der Waals surface area contributed by atoms with Crippen LogP contribution in [0.1, 0.15) is 82.5 Å². The Balaban J connectivity index is 1.43. The van der Waals surface area contributed by atoms with Crippen molar-refractivity contribution in [3.63, 3.8) is 0 Å². The molecule has 5 rings (SSSR count). The van der Waals surface area contributed by atoms with Crippen LogP contribution in [0.4, 0.5) is 0 Å². The Hall–Kier alpha value is -1.90. The highest BCUT2D eigenvalue weighted by Gasteiger charge is 2.61. The molecule has 3 heteroatoms. The molecule has 0 heterocycles. The van der Waals surface area contributed by atoms with Gasteiger partial charge in [-0.15, -0.1) is 0 Å². The summed E-state index contributed by atoms with van der Waals surface area (Å²) in [4.78, 5) is 25.3. The lowest BCUT2D eigenvalue weighted by Crippen LogP contribution is -2.58. The van der Waals surface area contributed by atoms with Crippen LogP contribution in [-0.4, -0.2) is 17.9 Å². The van der Waals surface area contributed by atoms with Crippen molar-refractivity contribution in [1.82, 2.24) is 0 Å². The van der Waals surface area contributed by atoms with E-state index in [1.54, 1.807) is 6.92 Å². The normalized spacial score (nSPS) is 41.4. The van der Waals surface area contributed by atoms with E-state index in [1.165, 1.54) is 25.7 Å². The third kappa shape index (κ3) is 3.14. The zero-order chi connectivity index (χ0) is 21.8. The number of carbonyl (C=O) groups excluding carboxylic acids is 2. The molecule has 4 aliphatic rings. The number of ketones is 1. The van der Waals surface area contributed by atoms with Crippen molar-refractivity contribution < 1.29 is 14.3 Å². The van der Waals surface area contributed by atoms with Gasteiger partial charge in [0.15, 0.2) is 5.78 Å². The molecular formula is C28H36O3. The minimum atomic E-state index is -0.132. The van der Waals surface area contributed by atoms with Crippen molar-refractivity contribution in [2.45, 2.75) is 78.2 Å². The lowest BCUT2D eigenvalue weighted by Gasteiger charge is -2.61. The van der Waals surface area contributed by atoms with Crippen molar-refractivity contribution in [1.29, 1.82) is 0 Å². The van der Waals surface area contributed by atoms with E-state index in [0.29, 0.717) is 23.7 Å². The third-order valence-corrected chi connectivity index (χ3v) is 9.85. The third-order valence-electron chi connectivity index (χ3n) is 9.85. The van der Waals surface area contributed by atoms with Crippen LogP contribution in [0.3, 0.4) is 0 Å². The molecule has 7 atom stereocenters. The van der Waals surface area contributed by atoms with Crippen molar-refractivity contribution in [3.05, 3.63) is 47.5 Å². The molecule has 3 saturated carbocycles. The maximum absolute atomic E-state index is 13.4.